The third-order valence-corrected chi connectivity index (χ3v) is 5.73. The minimum Gasteiger partial charge on any atom is -0.489 e. The van der Waals surface area contributed by atoms with E-state index in [9.17, 15) is 14.7 Å². The van der Waals surface area contributed by atoms with Crippen molar-refractivity contribution in [3.63, 3.8) is 0 Å². The molecule has 0 bridgehead atoms. The van der Waals surface area contributed by atoms with E-state index in [0.29, 0.717) is 25.2 Å². The van der Waals surface area contributed by atoms with Crippen molar-refractivity contribution in [3.8, 4) is 5.75 Å². The Morgan fingerprint density at radius 1 is 1.17 bits per heavy atom. The summed E-state index contributed by atoms with van der Waals surface area (Å²) in [5, 5.41) is 10.4. The van der Waals surface area contributed by atoms with Gasteiger partial charge in [-0.1, -0.05) is 30.3 Å². The summed E-state index contributed by atoms with van der Waals surface area (Å²) in [4.78, 5) is 28.1. The molecular formula is C24H23NO5. The summed E-state index contributed by atoms with van der Waals surface area (Å²) in [6.07, 6.45) is 0.646. The number of rotatable bonds is 7. The molecule has 0 amide bonds. The first-order valence-corrected chi connectivity index (χ1v) is 9.81. The number of aryl methyl sites for hydroxylation is 1. The van der Waals surface area contributed by atoms with Crippen molar-refractivity contribution >= 4 is 22.8 Å². The zero-order chi connectivity index (χ0) is 21.3. The Morgan fingerprint density at radius 2 is 1.90 bits per heavy atom. The quantitative estimate of drug-likeness (QED) is 0.600. The van der Waals surface area contributed by atoms with Crippen LogP contribution in [0.2, 0.25) is 0 Å². The Bertz CT molecular complexity index is 1110. The van der Waals surface area contributed by atoms with Crippen LogP contribution in [0.4, 0.5) is 0 Å². The number of hydrogen-bond acceptors (Lipinski definition) is 5. The summed E-state index contributed by atoms with van der Waals surface area (Å²) >= 11 is 0. The standard InChI is InChI=1S/C24H23NO5/c1-15-11-17(19-5-3-4-6-21(19)25-15)14-30-18-9-7-16(8-10-18)12-24(23(28)29-2)13-20(24)22(26)27/h3-11,20H,12-14H2,1-2H3,(H,26,27). The number of methoxy groups -OCH3 is 1. The van der Waals surface area contributed by atoms with Gasteiger partial charge in [0.25, 0.3) is 0 Å². The molecule has 2 atom stereocenters. The zero-order valence-electron chi connectivity index (χ0n) is 16.9. The fourth-order valence-corrected chi connectivity index (χ4v) is 4.07. The average molecular weight is 405 g/mol. The van der Waals surface area contributed by atoms with Crippen LogP contribution < -0.4 is 4.74 Å². The van der Waals surface area contributed by atoms with Gasteiger partial charge in [-0.2, -0.15) is 0 Å². The van der Waals surface area contributed by atoms with Gasteiger partial charge in [0.1, 0.15) is 12.4 Å². The van der Waals surface area contributed by atoms with E-state index in [1.165, 1.54) is 7.11 Å². The van der Waals surface area contributed by atoms with Gasteiger partial charge in [-0.3, -0.25) is 14.6 Å². The maximum Gasteiger partial charge on any atom is 0.313 e. The number of carbonyl (C=O) groups excluding carboxylic acids is 1. The summed E-state index contributed by atoms with van der Waals surface area (Å²) in [6, 6.07) is 17.4. The number of aliphatic carboxylic acids is 1. The van der Waals surface area contributed by atoms with Gasteiger partial charge in [-0.05, 0) is 49.6 Å². The average Bonchev–Trinajstić information content (AvgIpc) is 3.48. The van der Waals surface area contributed by atoms with E-state index in [1.807, 2.05) is 61.5 Å². The van der Waals surface area contributed by atoms with Crippen LogP contribution in [0, 0.1) is 18.3 Å². The molecule has 1 heterocycles. The second-order valence-electron chi connectivity index (χ2n) is 7.79. The molecule has 0 spiro atoms. The molecule has 1 saturated carbocycles. The second-order valence-corrected chi connectivity index (χ2v) is 7.79. The monoisotopic (exact) mass is 405 g/mol. The van der Waals surface area contributed by atoms with E-state index in [0.717, 1.165) is 27.7 Å². The Morgan fingerprint density at radius 3 is 2.57 bits per heavy atom. The van der Waals surface area contributed by atoms with Crippen LogP contribution in [0.15, 0.2) is 54.6 Å². The number of para-hydroxylation sites is 1. The van der Waals surface area contributed by atoms with Crippen LogP contribution in [0.25, 0.3) is 10.9 Å². The number of esters is 1. The number of carboxylic acid groups (broad SMARTS) is 1. The van der Waals surface area contributed by atoms with E-state index in [2.05, 4.69) is 4.98 Å². The van der Waals surface area contributed by atoms with Gasteiger partial charge in [0.05, 0.1) is 24.0 Å². The van der Waals surface area contributed by atoms with Crippen molar-refractivity contribution in [1.82, 2.24) is 4.98 Å². The molecule has 154 valence electrons. The molecule has 0 saturated heterocycles. The van der Waals surface area contributed by atoms with E-state index < -0.39 is 23.3 Å². The van der Waals surface area contributed by atoms with Gasteiger partial charge in [0.15, 0.2) is 0 Å². The number of fused-ring (bicyclic) bond motifs is 1. The lowest BCUT2D eigenvalue weighted by Gasteiger charge is -2.14. The number of carbonyl (C=O) groups is 2. The molecule has 1 fully saturated rings. The predicted molar refractivity (Wildman–Crippen MR) is 111 cm³/mol. The number of aromatic nitrogens is 1. The number of pyridine rings is 1. The van der Waals surface area contributed by atoms with Crippen LogP contribution >= 0.6 is 0 Å². The number of hydrogen-bond donors (Lipinski definition) is 1. The number of benzene rings is 2. The van der Waals surface area contributed by atoms with Gasteiger partial charge >= 0.3 is 11.9 Å². The highest BCUT2D eigenvalue weighted by atomic mass is 16.5. The molecule has 6 heteroatoms. The Hall–Kier alpha value is -3.41. The van der Waals surface area contributed by atoms with Crippen molar-refractivity contribution in [2.75, 3.05) is 7.11 Å². The van der Waals surface area contributed by atoms with Crippen molar-refractivity contribution in [1.29, 1.82) is 0 Å². The topological polar surface area (TPSA) is 85.7 Å². The van der Waals surface area contributed by atoms with E-state index in [4.69, 9.17) is 9.47 Å². The first-order valence-electron chi connectivity index (χ1n) is 9.81. The van der Waals surface area contributed by atoms with Crippen molar-refractivity contribution < 1.29 is 24.2 Å². The van der Waals surface area contributed by atoms with Crippen LogP contribution in [-0.4, -0.2) is 29.1 Å². The van der Waals surface area contributed by atoms with Crippen molar-refractivity contribution in [3.05, 3.63) is 71.4 Å². The number of carboxylic acids is 1. The Kier molecular flexibility index (Phi) is 5.16. The van der Waals surface area contributed by atoms with Crippen LogP contribution in [-0.2, 0) is 27.4 Å². The fourth-order valence-electron chi connectivity index (χ4n) is 4.07. The van der Waals surface area contributed by atoms with Gasteiger partial charge in [-0.25, -0.2) is 0 Å². The summed E-state index contributed by atoms with van der Waals surface area (Å²) in [6.45, 7) is 2.38. The maximum atomic E-state index is 12.2. The van der Waals surface area contributed by atoms with Crippen molar-refractivity contribution in [2.24, 2.45) is 11.3 Å². The maximum absolute atomic E-state index is 12.2. The third kappa shape index (κ3) is 3.73. The first-order chi connectivity index (χ1) is 14.4. The zero-order valence-corrected chi connectivity index (χ0v) is 16.9. The summed E-state index contributed by atoms with van der Waals surface area (Å²) in [5.74, 6) is -1.41. The number of nitrogens with zero attached hydrogens (tertiary/aromatic N) is 1. The Balaban J connectivity index is 1.46. The SMILES string of the molecule is COC(=O)C1(Cc2ccc(OCc3cc(C)nc4ccccc34)cc2)CC1C(=O)O. The fraction of sp³-hybridized carbons (Fsp3) is 0.292. The molecule has 0 aliphatic heterocycles. The smallest absolute Gasteiger partial charge is 0.313 e. The van der Waals surface area contributed by atoms with Crippen LogP contribution in [0.5, 0.6) is 5.75 Å². The molecule has 3 aromatic rings. The highest BCUT2D eigenvalue weighted by Gasteiger charge is 2.64. The highest BCUT2D eigenvalue weighted by molar-refractivity contribution is 5.90. The highest BCUT2D eigenvalue weighted by Crippen LogP contribution is 2.55. The minimum absolute atomic E-state index is 0.307. The molecule has 1 N–H and O–H groups in total. The minimum atomic E-state index is -0.962. The summed E-state index contributed by atoms with van der Waals surface area (Å²) in [5.41, 5.74) is 2.86. The van der Waals surface area contributed by atoms with Gasteiger partial charge in [0.2, 0.25) is 0 Å². The lowest BCUT2D eigenvalue weighted by Crippen LogP contribution is -2.25. The van der Waals surface area contributed by atoms with E-state index in [1.54, 1.807) is 0 Å². The molecule has 2 aromatic carbocycles. The van der Waals surface area contributed by atoms with Gasteiger partial charge in [-0.15, -0.1) is 0 Å². The van der Waals surface area contributed by atoms with Crippen molar-refractivity contribution in [2.45, 2.75) is 26.4 Å². The van der Waals surface area contributed by atoms with Crippen LogP contribution in [0.3, 0.4) is 0 Å². The normalized spacial score (nSPS) is 20.0. The first kappa shape index (κ1) is 19.9. The molecule has 0 radical (unpaired) electrons. The molecule has 1 aromatic heterocycles. The lowest BCUT2D eigenvalue weighted by atomic mass is 9.94. The van der Waals surface area contributed by atoms with Gasteiger partial charge in [0, 0.05) is 16.6 Å². The molecule has 1 aliphatic rings. The summed E-state index contributed by atoms with van der Waals surface area (Å²) < 4.78 is 10.8. The molecular weight excluding hydrogens is 382 g/mol. The second kappa shape index (κ2) is 7.78. The third-order valence-electron chi connectivity index (χ3n) is 5.73. The largest absolute Gasteiger partial charge is 0.489 e. The molecule has 4 rings (SSSR count). The van der Waals surface area contributed by atoms with Gasteiger partial charge < -0.3 is 14.6 Å². The summed E-state index contributed by atoms with van der Waals surface area (Å²) in [7, 11) is 1.29. The Labute approximate surface area is 174 Å². The molecule has 30 heavy (non-hydrogen) atoms. The molecule has 1 aliphatic carbocycles. The lowest BCUT2D eigenvalue weighted by molar-refractivity contribution is -0.151. The van der Waals surface area contributed by atoms with Crippen LogP contribution in [0.1, 0.15) is 23.2 Å². The molecule has 6 nitrogen and oxygen atoms in total. The molecule has 2 unspecified atom stereocenters. The van der Waals surface area contributed by atoms with E-state index >= 15 is 0 Å². The van der Waals surface area contributed by atoms with E-state index in [-0.39, 0.29) is 0 Å². The number of ether oxygens (including phenoxy) is 2. The predicted octanol–water partition coefficient (Wildman–Crippen LogP) is 3.93.